The van der Waals surface area contributed by atoms with Gasteiger partial charge in [0.15, 0.2) is 0 Å². The Bertz CT molecular complexity index is 583. The standard InChI is InChI=1S/C16H21N3O3/c1-12(6-5-9-20)18-16(21)17-10-14-11-22-15(19-14)13-7-3-2-4-8-13/h2-4,7-8,11-12,20H,5-6,9-10H2,1H3,(H2,17,18,21). The molecule has 2 amide bonds. The first-order valence-corrected chi connectivity index (χ1v) is 7.34. The van der Waals surface area contributed by atoms with Gasteiger partial charge in [0.05, 0.1) is 12.2 Å². The van der Waals surface area contributed by atoms with Crippen molar-refractivity contribution in [2.75, 3.05) is 6.61 Å². The molecule has 1 unspecified atom stereocenters. The molecule has 1 atom stereocenters. The summed E-state index contributed by atoms with van der Waals surface area (Å²) in [6.45, 7) is 2.34. The number of nitrogens with one attached hydrogen (secondary N) is 2. The van der Waals surface area contributed by atoms with Gasteiger partial charge in [-0.05, 0) is 31.9 Å². The van der Waals surface area contributed by atoms with E-state index in [1.54, 1.807) is 0 Å². The first kappa shape index (κ1) is 16.0. The van der Waals surface area contributed by atoms with Crippen LogP contribution in [0.3, 0.4) is 0 Å². The Hall–Kier alpha value is -2.34. The number of rotatable bonds is 7. The third kappa shape index (κ3) is 4.89. The van der Waals surface area contributed by atoms with E-state index in [9.17, 15) is 4.79 Å². The van der Waals surface area contributed by atoms with Crippen LogP contribution in [0.15, 0.2) is 41.0 Å². The number of aliphatic hydroxyl groups excluding tert-OH is 1. The van der Waals surface area contributed by atoms with Crippen LogP contribution in [-0.4, -0.2) is 28.8 Å². The van der Waals surface area contributed by atoms with Gasteiger partial charge in [0.1, 0.15) is 6.26 Å². The second-order valence-electron chi connectivity index (χ2n) is 5.10. The van der Waals surface area contributed by atoms with Crippen molar-refractivity contribution in [3.63, 3.8) is 0 Å². The van der Waals surface area contributed by atoms with Gasteiger partial charge in [-0.25, -0.2) is 9.78 Å². The second kappa shape index (κ2) is 8.19. The van der Waals surface area contributed by atoms with E-state index in [0.29, 0.717) is 24.6 Å². The lowest BCUT2D eigenvalue weighted by Crippen LogP contribution is -2.40. The van der Waals surface area contributed by atoms with E-state index in [0.717, 1.165) is 12.0 Å². The summed E-state index contributed by atoms with van der Waals surface area (Å²) >= 11 is 0. The zero-order valence-corrected chi connectivity index (χ0v) is 12.6. The zero-order chi connectivity index (χ0) is 15.8. The molecule has 1 aromatic carbocycles. The highest BCUT2D eigenvalue weighted by molar-refractivity contribution is 5.74. The van der Waals surface area contributed by atoms with E-state index in [1.807, 2.05) is 37.3 Å². The topological polar surface area (TPSA) is 87.4 Å². The van der Waals surface area contributed by atoms with Crippen molar-refractivity contribution in [2.45, 2.75) is 32.4 Å². The lowest BCUT2D eigenvalue weighted by atomic mass is 10.2. The van der Waals surface area contributed by atoms with Gasteiger partial charge in [-0.1, -0.05) is 18.2 Å². The Kier molecular flexibility index (Phi) is 5.97. The van der Waals surface area contributed by atoms with E-state index in [2.05, 4.69) is 15.6 Å². The number of nitrogens with zero attached hydrogens (tertiary/aromatic N) is 1. The third-order valence-electron chi connectivity index (χ3n) is 3.18. The maximum atomic E-state index is 11.7. The number of benzene rings is 1. The lowest BCUT2D eigenvalue weighted by molar-refractivity contribution is 0.234. The molecule has 0 aliphatic carbocycles. The average Bonchev–Trinajstić information content (AvgIpc) is 3.01. The molecular weight excluding hydrogens is 282 g/mol. The van der Waals surface area contributed by atoms with E-state index in [4.69, 9.17) is 9.52 Å². The molecule has 0 saturated carbocycles. The van der Waals surface area contributed by atoms with Crippen LogP contribution < -0.4 is 10.6 Å². The molecule has 0 radical (unpaired) electrons. The molecule has 118 valence electrons. The van der Waals surface area contributed by atoms with Crippen molar-refractivity contribution >= 4 is 6.03 Å². The number of amides is 2. The minimum Gasteiger partial charge on any atom is -0.444 e. The van der Waals surface area contributed by atoms with E-state index < -0.39 is 0 Å². The molecule has 0 fully saturated rings. The number of hydrogen-bond donors (Lipinski definition) is 3. The van der Waals surface area contributed by atoms with E-state index in [-0.39, 0.29) is 18.7 Å². The summed E-state index contributed by atoms with van der Waals surface area (Å²) in [7, 11) is 0. The van der Waals surface area contributed by atoms with E-state index >= 15 is 0 Å². The molecule has 0 bridgehead atoms. The smallest absolute Gasteiger partial charge is 0.315 e. The number of carbonyl (C=O) groups is 1. The van der Waals surface area contributed by atoms with Crippen LogP contribution in [0.5, 0.6) is 0 Å². The second-order valence-corrected chi connectivity index (χ2v) is 5.10. The van der Waals surface area contributed by atoms with Crippen molar-refractivity contribution in [2.24, 2.45) is 0 Å². The van der Waals surface area contributed by atoms with Gasteiger partial charge >= 0.3 is 6.03 Å². The van der Waals surface area contributed by atoms with Crippen LogP contribution in [-0.2, 0) is 6.54 Å². The van der Waals surface area contributed by atoms with Crippen molar-refractivity contribution in [3.8, 4) is 11.5 Å². The number of urea groups is 1. The van der Waals surface area contributed by atoms with Gasteiger partial charge in [0.2, 0.25) is 5.89 Å². The van der Waals surface area contributed by atoms with Gasteiger partial charge in [0, 0.05) is 18.2 Å². The molecule has 1 aromatic heterocycles. The molecule has 2 aromatic rings. The van der Waals surface area contributed by atoms with Crippen LogP contribution in [0.2, 0.25) is 0 Å². The van der Waals surface area contributed by atoms with Crippen molar-refractivity contribution in [1.29, 1.82) is 0 Å². The molecule has 0 saturated heterocycles. The summed E-state index contributed by atoms with van der Waals surface area (Å²) in [6, 6.07) is 9.35. The highest BCUT2D eigenvalue weighted by atomic mass is 16.3. The molecule has 0 spiro atoms. The maximum Gasteiger partial charge on any atom is 0.315 e. The lowest BCUT2D eigenvalue weighted by Gasteiger charge is -2.13. The van der Waals surface area contributed by atoms with Crippen LogP contribution in [0, 0.1) is 0 Å². The molecular formula is C16H21N3O3. The van der Waals surface area contributed by atoms with Gasteiger partial charge in [0.25, 0.3) is 0 Å². The predicted molar refractivity (Wildman–Crippen MR) is 83.1 cm³/mol. The molecule has 6 nitrogen and oxygen atoms in total. The first-order chi connectivity index (χ1) is 10.7. The van der Waals surface area contributed by atoms with Gasteiger partial charge in [-0.3, -0.25) is 0 Å². The summed E-state index contributed by atoms with van der Waals surface area (Å²) in [5, 5.41) is 14.3. The number of hydrogen-bond acceptors (Lipinski definition) is 4. The zero-order valence-electron chi connectivity index (χ0n) is 12.6. The molecule has 6 heteroatoms. The van der Waals surface area contributed by atoms with Gasteiger partial charge in [-0.2, -0.15) is 0 Å². The largest absolute Gasteiger partial charge is 0.444 e. The average molecular weight is 303 g/mol. The highest BCUT2D eigenvalue weighted by Gasteiger charge is 2.09. The normalized spacial score (nSPS) is 11.9. The SMILES string of the molecule is CC(CCCO)NC(=O)NCc1coc(-c2ccccc2)n1. The number of aliphatic hydroxyl groups is 1. The van der Waals surface area contributed by atoms with Gasteiger partial charge in [-0.15, -0.1) is 0 Å². The van der Waals surface area contributed by atoms with Crippen LogP contribution in [0.25, 0.3) is 11.5 Å². The summed E-state index contributed by atoms with van der Waals surface area (Å²) in [4.78, 5) is 16.1. The van der Waals surface area contributed by atoms with Crippen molar-refractivity contribution in [1.82, 2.24) is 15.6 Å². The first-order valence-electron chi connectivity index (χ1n) is 7.34. The van der Waals surface area contributed by atoms with Crippen molar-refractivity contribution in [3.05, 3.63) is 42.3 Å². The Morgan fingerprint density at radius 3 is 2.86 bits per heavy atom. The van der Waals surface area contributed by atoms with E-state index in [1.165, 1.54) is 6.26 Å². The predicted octanol–water partition coefficient (Wildman–Crippen LogP) is 2.30. The summed E-state index contributed by atoms with van der Waals surface area (Å²) < 4.78 is 5.41. The number of oxazole rings is 1. The minimum absolute atomic E-state index is 0.0179. The molecule has 1 heterocycles. The van der Waals surface area contributed by atoms with Crippen LogP contribution >= 0.6 is 0 Å². The van der Waals surface area contributed by atoms with Gasteiger partial charge < -0.3 is 20.2 Å². The quantitative estimate of drug-likeness (QED) is 0.732. The highest BCUT2D eigenvalue weighted by Crippen LogP contribution is 2.17. The molecule has 22 heavy (non-hydrogen) atoms. The Balaban J connectivity index is 1.80. The maximum absolute atomic E-state index is 11.7. The summed E-state index contributed by atoms with van der Waals surface area (Å²) in [6.07, 6.45) is 2.95. The van der Waals surface area contributed by atoms with Crippen molar-refractivity contribution < 1.29 is 14.3 Å². The van der Waals surface area contributed by atoms with Crippen LogP contribution in [0.1, 0.15) is 25.5 Å². The molecule has 3 N–H and O–H groups in total. The fourth-order valence-electron chi connectivity index (χ4n) is 2.02. The molecule has 0 aliphatic heterocycles. The Morgan fingerprint density at radius 1 is 1.36 bits per heavy atom. The fraction of sp³-hybridized carbons (Fsp3) is 0.375. The molecule has 0 aliphatic rings. The van der Waals surface area contributed by atoms with Crippen LogP contribution in [0.4, 0.5) is 4.79 Å². The number of aromatic nitrogens is 1. The Labute approximate surface area is 129 Å². The fourth-order valence-corrected chi connectivity index (χ4v) is 2.02. The summed E-state index contributed by atoms with van der Waals surface area (Å²) in [5.41, 5.74) is 1.56. The summed E-state index contributed by atoms with van der Waals surface area (Å²) in [5.74, 6) is 0.536. The molecule has 2 rings (SSSR count). The monoisotopic (exact) mass is 303 g/mol. The Morgan fingerprint density at radius 2 is 2.14 bits per heavy atom. The number of carbonyl (C=O) groups excluding carboxylic acids is 1. The minimum atomic E-state index is -0.255. The third-order valence-corrected chi connectivity index (χ3v) is 3.18.